The molecule has 0 N–H and O–H groups in total. The molecule has 11 heavy (non-hydrogen) atoms. The minimum absolute atomic E-state index is 0.0431. The number of benzene rings is 1. The van der Waals surface area contributed by atoms with Gasteiger partial charge in [-0.3, -0.25) is 0 Å². The van der Waals surface area contributed by atoms with E-state index in [0.29, 0.717) is 0 Å². The predicted octanol–water partition coefficient (Wildman–Crippen LogP) is 2.18. The Morgan fingerprint density at radius 2 is 2.09 bits per heavy atom. The van der Waals surface area contributed by atoms with Crippen molar-refractivity contribution < 1.29 is 4.39 Å². The first kappa shape index (κ1) is 7.17. The molecule has 0 bridgehead atoms. The Kier molecular flexibility index (Phi) is 1.80. The molecule has 0 fully saturated rings. The molecule has 0 atom stereocenters. The molecule has 0 radical (unpaired) electrons. The molecule has 0 saturated heterocycles. The second-order valence-electron chi connectivity index (χ2n) is 1.91. The third-order valence-electron chi connectivity index (χ3n) is 1.13. The summed E-state index contributed by atoms with van der Waals surface area (Å²) in [7, 11) is 0. The highest BCUT2D eigenvalue weighted by Crippen LogP contribution is 2.15. The van der Waals surface area contributed by atoms with Gasteiger partial charge in [-0.2, -0.15) is 5.26 Å². The molecule has 0 spiro atoms. The Bertz CT molecular complexity index is 327. The molecule has 4 heteroatoms. The maximum absolute atomic E-state index is 12.5. The van der Waals surface area contributed by atoms with Gasteiger partial charge in [-0.1, -0.05) is 0 Å². The van der Waals surface area contributed by atoms with Crippen LogP contribution in [-0.4, -0.2) is 0 Å². The van der Waals surface area contributed by atoms with Crippen LogP contribution in [0.25, 0.3) is 4.98 Å². The van der Waals surface area contributed by atoms with Crippen molar-refractivity contribution in [3.63, 3.8) is 0 Å². The fourth-order valence-corrected chi connectivity index (χ4v) is 0.696. The van der Waals surface area contributed by atoms with Crippen LogP contribution in [0.2, 0.25) is 0 Å². The summed E-state index contributed by atoms with van der Waals surface area (Å²) >= 11 is 0. The summed E-state index contributed by atoms with van der Waals surface area (Å²) in [6, 6.07) is 5.11. The van der Waals surface area contributed by atoms with E-state index < -0.39 is 5.82 Å². The van der Waals surface area contributed by atoms with Gasteiger partial charge in [0.15, 0.2) is 4.98 Å². The van der Waals surface area contributed by atoms with Crippen molar-refractivity contribution in [1.29, 1.82) is 10.7 Å². The van der Waals surface area contributed by atoms with Crippen LogP contribution in [0.1, 0.15) is 5.56 Å². The Morgan fingerprint density at radius 3 is 2.64 bits per heavy atom. The number of halogens is 1. The average molecular weight is 148 g/mol. The van der Waals surface area contributed by atoms with Crippen molar-refractivity contribution in [1.82, 2.24) is 0 Å². The molecule has 1 aromatic rings. The van der Waals surface area contributed by atoms with Gasteiger partial charge in [0.05, 0.1) is 23.8 Å². The van der Waals surface area contributed by atoms with E-state index in [2.05, 4.69) is 4.98 Å². The van der Waals surface area contributed by atoms with E-state index in [-0.39, 0.29) is 11.3 Å². The zero-order valence-corrected chi connectivity index (χ0v) is 5.45. The monoisotopic (exact) mass is 148 g/mol. The summed E-state index contributed by atoms with van der Waals surface area (Å²) in [5, 5.41) is 16.6. The minimum atomic E-state index is -0.586. The Balaban J connectivity index is 3.28. The molecule has 1 aromatic carbocycles. The smallest absolute Gasteiger partial charge is 0.207 e. The third kappa shape index (κ3) is 1.50. The van der Waals surface area contributed by atoms with E-state index >= 15 is 0 Å². The molecule has 0 amide bonds. The van der Waals surface area contributed by atoms with Crippen LogP contribution in [0, 0.1) is 22.5 Å². The van der Waals surface area contributed by atoms with Crippen LogP contribution < -0.4 is 0 Å². The molecular formula is C7H3FN3+. The summed E-state index contributed by atoms with van der Waals surface area (Å²) in [5.41, 5.74) is 0.180. The van der Waals surface area contributed by atoms with E-state index in [1.165, 1.54) is 6.07 Å². The normalized spacial score (nSPS) is 8.27. The van der Waals surface area contributed by atoms with Crippen LogP contribution in [0.15, 0.2) is 18.2 Å². The van der Waals surface area contributed by atoms with Crippen molar-refractivity contribution >= 4 is 5.69 Å². The van der Waals surface area contributed by atoms with Crippen molar-refractivity contribution in [2.75, 3.05) is 0 Å². The van der Waals surface area contributed by atoms with Crippen LogP contribution >= 0.6 is 0 Å². The van der Waals surface area contributed by atoms with E-state index in [9.17, 15) is 4.39 Å². The van der Waals surface area contributed by atoms with Gasteiger partial charge in [0.2, 0.25) is 5.39 Å². The topological polar surface area (TPSA) is 51.9 Å². The highest BCUT2D eigenvalue weighted by molar-refractivity contribution is 5.49. The van der Waals surface area contributed by atoms with Gasteiger partial charge in [0.25, 0.3) is 0 Å². The fraction of sp³-hybridized carbons (Fsp3) is 0. The number of hydrogen-bond donors (Lipinski definition) is 0. The minimum Gasteiger partial charge on any atom is -0.207 e. The lowest BCUT2D eigenvalue weighted by Gasteiger charge is -1.83. The second-order valence-corrected chi connectivity index (χ2v) is 1.91. The van der Waals surface area contributed by atoms with Crippen LogP contribution in [0.4, 0.5) is 10.1 Å². The lowest BCUT2D eigenvalue weighted by Crippen LogP contribution is -1.76. The zero-order chi connectivity index (χ0) is 8.27. The number of rotatable bonds is 0. The molecule has 0 aliphatic rings. The summed E-state index contributed by atoms with van der Waals surface area (Å²) in [5.74, 6) is -0.586. The van der Waals surface area contributed by atoms with Crippen molar-refractivity contribution in [3.8, 4) is 6.07 Å². The summed E-state index contributed by atoms with van der Waals surface area (Å²) in [6.07, 6.45) is 0. The second kappa shape index (κ2) is 2.76. The van der Waals surface area contributed by atoms with Crippen molar-refractivity contribution in [2.24, 2.45) is 0 Å². The van der Waals surface area contributed by atoms with Gasteiger partial charge < -0.3 is 0 Å². The first-order valence-electron chi connectivity index (χ1n) is 2.82. The summed E-state index contributed by atoms with van der Waals surface area (Å²) < 4.78 is 12.5. The Labute approximate surface area is 62.3 Å². The number of nitrogens with zero attached hydrogens (tertiary/aromatic N) is 3. The van der Waals surface area contributed by atoms with Gasteiger partial charge in [0.1, 0.15) is 5.82 Å². The van der Waals surface area contributed by atoms with Gasteiger partial charge >= 0.3 is 5.69 Å². The highest BCUT2D eigenvalue weighted by atomic mass is 19.1. The Hall–Kier alpha value is -1.94. The lowest BCUT2D eigenvalue weighted by atomic mass is 10.2. The highest BCUT2D eigenvalue weighted by Gasteiger charge is 2.08. The molecule has 3 nitrogen and oxygen atoms in total. The number of nitriles is 1. The van der Waals surface area contributed by atoms with Gasteiger partial charge in [-0.15, -0.1) is 0 Å². The van der Waals surface area contributed by atoms with Gasteiger partial charge in [0, 0.05) is 0 Å². The van der Waals surface area contributed by atoms with E-state index in [1.807, 2.05) is 0 Å². The van der Waals surface area contributed by atoms with Crippen LogP contribution in [-0.2, 0) is 0 Å². The zero-order valence-electron chi connectivity index (χ0n) is 5.45. The molecular weight excluding hydrogens is 145 g/mol. The third-order valence-corrected chi connectivity index (χ3v) is 1.13. The maximum Gasteiger partial charge on any atom is 0.389 e. The fourth-order valence-electron chi connectivity index (χ4n) is 0.696. The van der Waals surface area contributed by atoms with Crippen molar-refractivity contribution in [3.05, 3.63) is 34.6 Å². The van der Waals surface area contributed by atoms with E-state index in [0.717, 1.165) is 12.1 Å². The quantitative estimate of drug-likeness (QED) is 0.529. The van der Waals surface area contributed by atoms with Gasteiger partial charge in [-0.25, -0.2) is 4.39 Å². The Morgan fingerprint density at radius 1 is 1.36 bits per heavy atom. The lowest BCUT2D eigenvalue weighted by molar-refractivity contribution is 0.628. The largest absolute Gasteiger partial charge is 0.389 e. The maximum atomic E-state index is 12.5. The predicted molar refractivity (Wildman–Crippen MR) is 35.9 cm³/mol. The average Bonchev–Trinajstić information content (AvgIpc) is 2.03. The molecule has 0 aromatic heterocycles. The SMILES string of the molecule is N#Cc1cc(F)cc([N+]#N)c1. The van der Waals surface area contributed by atoms with E-state index in [4.69, 9.17) is 10.7 Å². The first-order valence-corrected chi connectivity index (χ1v) is 2.82. The number of diazo groups is 1. The first-order chi connectivity index (χ1) is 5.26. The molecule has 0 saturated carbocycles. The number of hydrogen-bond acceptors (Lipinski definition) is 2. The van der Waals surface area contributed by atoms with Crippen LogP contribution in [0.5, 0.6) is 0 Å². The molecule has 0 heterocycles. The van der Waals surface area contributed by atoms with Crippen molar-refractivity contribution in [2.45, 2.75) is 0 Å². The molecule has 0 unspecified atom stereocenters. The van der Waals surface area contributed by atoms with Crippen LogP contribution in [0.3, 0.4) is 0 Å². The van der Waals surface area contributed by atoms with E-state index in [1.54, 1.807) is 6.07 Å². The molecule has 1 rings (SSSR count). The van der Waals surface area contributed by atoms with Gasteiger partial charge in [-0.05, 0) is 6.07 Å². The summed E-state index contributed by atoms with van der Waals surface area (Å²) in [6.45, 7) is 0. The standard InChI is InChI=1S/C7H3FN3/c8-6-1-5(4-9)2-7(3-6)11-10/h1-3H/q+1. The summed E-state index contributed by atoms with van der Waals surface area (Å²) in [4.78, 5) is 2.75. The molecule has 52 valence electrons. The molecule has 0 aliphatic heterocycles. The molecule has 0 aliphatic carbocycles.